The maximum Gasteiger partial charge on any atom is 0.337 e. The van der Waals surface area contributed by atoms with Crippen LogP contribution in [0.2, 0.25) is 0 Å². The van der Waals surface area contributed by atoms with E-state index in [1.54, 1.807) is 18.2 Å². The molecular formula is C14H10BrIN2O3. The van der Waals surface area contributed by atoms with Gasteiger partial charge in [-0.05, 0) is 65.1 Å². The zero-order valence-corrected chi connectivity index (χ0v) is 14.3. The Bertz CT molecular complexity index is 689. The fraction of sp³-hybridized carbons (Fsp3) is 0. The normalized spacial score (nSPS) is 10.0. The number of carbonyl (C=O) groups excluding carboxylic acids is 1. The number of rotatable bonds is 3. The largest absolute Gasteiger partial charge is 0.478 e. The van der Waals surface area contributed by atoms with Crippen LogP contribution in [0.15, 0.2) is 46.9 Å². The van der Waals surface area contributed by atoms with E-state index < -0.39 is 12.0 Å². The van der Waals surface area contributed by atoms with E-state index in [1.807, 2.05) is 12.1 Å². The maximum atomic E-state index is 11.9. The summed E-state index contributed by atoms with van der Waals surface area (Å²) >= 11 is 5.36. The van der Waals surface area contributed by atoms with Gasteiger partial charge in [-0.25, -0.2) is 9.59 Å². The lowest BCUT2D eigenvalue weighted by molar-refractivity contribution is 0.0698. The van der Waals surface area contributed by atoms with Gasteiger partial charge in [-0.15, -0.1) is 0 Å². The number of aromatic carboxylic acids is 1. The first-order chi connectivity index (χ1) is 9.95. The van der Waals surface area contributed by atoms with Crippen LogP contribution in [0.4, 0.5) is 16.2 Å². The van der Waals surface area contributed by atoms with Crippen LogP contribution in [0.25, 0.3) is 0 Å². The van der Waals surface area contributed by atoms with Crippen LogP contribution in [0.3, 0.4) is 0 Å². The average molecular weight is 461 g/mol. The Morgan fingerprint density at radius 3 is 2.33 bits per heavy atom. The SMILES string of the molecule is O=C(Nc1ccc(I)cc1)Nc1ccc(Br)cc1C(=O)O. The van der Waals surface area contributed by atoms with E-state index >= 15 is 0 Å². The number of carboxylic acids is 1. The zero-order valence-electron chi connectivity index (χ0n) is 10.6. The van der Waals surface area contributed by atoms with Crippen molar-refractivity contribution in [1.82, 2.24) is 0 Å². The molecule has 2 rings (SSSR count). The molecule has 0 heterocycles. The average Bonchev–Trinajstić information content (AvgIpc) is 2.43. The van der Waals surface area contributed by atoms with Crippen LogP contribution in [0.1, 0.15) is 10.4 Å². The number of nitrogens with one attached hydrogen (secondary N) is 2. The number of amides is 2. The van der Waals surface area contributed by atoms with Gasteiger partial charge in [-0.2, -0.15) is 0 Å². The number of anilines is 2. The van der Waals surface area contributed by atoms with Crippen molar-refractivity contribution in [1.29, 1.82) is 0 Å². The van der Waals surface area contributed by atoms with Crippen LogP contribution >= 0.6 is 38.5 Å². The number of halogens is 2. The molecule has 5 nitrogen and oxygen atoms in total. The summed E-state index contributed by atoms with van der Waals surface area (Å²) in [6.45, 7) is 0. The third-order valence-corrected chi connectivity index (χ3v) is 3.77. The molecule has 0 aliphatic heterocycles. The van der Waals surface area contributed by atoms with Gasteiger partial charge in [0.2, 0.25) is 0 Å². The number of hydrogen-bond donors (Lipinski definition) is 3. The lowest BCUT2D eigenvalue weighted by Crippen LogP contribution is -2.21. The highest BCUT2D eigenvalue weighted by atomic mass is 127. The van der Waals surface area contributed by atoms with E-state index in [0.717, 1.165) is 3.57 Å². The molecule has 2 aromatic rings. The monoisotopic (exact) mass is 460 g/mol. The Morgan fingerprint density at radius 2 is 1.71 bits per heavy atom. The van der Waals surface area contributed by atoms with Crippen molar-refractivity contribution in [2.75, 3.05) is 10.6 Å². The topological polar surface area (TPSA) is 78.4 Å². The number of urea groups is 1. The molecule has 0 unspecified atom stereocenters. The Kier molecular flexibility index (Phi) is 5.18. The fourth-order valence-electron chi connectivity index (χ4n) is 1.62. The van der Waals surface area contributed by atoms with Crippen LogP contribution < -0.4 is 10.6 Å². The van der Waals surface area contributed by atoms with Crippen molar-refractivity contribution in [3.63, 3.8) is 0 Å². The molecule has 0 aliphatic rings. The predicted molar refractivity (Wildman–Crippen MR) is 92.9 cm³/mol. The second-order valence-electron chi connectivity index (χ2n) is 4.08. The zero-order chi connectivity index (χ0) is 15.4. The van der Waals surface area contributed by atoms with Crippen molar-refractivity contribution < 1.29 is 14.7 Å². The van der Waals surface area contributed by atoms with Gasteiger partial charge in [-0.3, -0.25) is 0 Å². The van der Waals surface area contributed by atoms with Gasteiger partial charge < -0.3 is 15.7 Å². The van der Waals surface area contributed by atoms with Gasteiger partial charge in [0.25, 0.3) is 0 Å². The highest BCUT2D eigenvalue weighted by molar-refractivity contribution is 14.1. The summed E-state index contributed by atoms with van der Waals surface area (Å²) < 4.78 is 1.68. The molecule has 0 aromatic heterocycles. The van der Waals surface area contributed by atoms with Crippen LogP contribution in [0, 0.1) is 3.57 Å². The van der Waals surface area contributed by atoms with Crippen molar-refractivity contribution in [2.24, 2.45) is 0 Å². The number of carbonyl (C=O) groups is 2. The van der Waals surface area contributed by atoms with E-state index in [4.69, 9.17) is 5.11 Å². The third-order valence-electron chi connectivity index (χ3n) is 2.56. The summed E-state index contributed by atoms with van der Waals surface area (Å²) in [5.74, 6) is -1.11. The Hall–Kier alpha value is -1.61. The predicted octanol–water partition coefficient (Wildman–Crippen LogP) is 4.40. The molecule has 0 saturated heterocycles. The lowest BCUT2D eigenvalue weighted by atomic mass is 10.2. The maximum absolute atomic E-state index is 11.9. The Labute approximate surface area is 143 Å². The van der Waals surface area contributed by atoms with Crippen molar-refractivity contribution >= 4 is 61.9 Å². The number of benzene rings is 2. The van der Waals surface area contributed by atoms with Gasteiger partial charge in [0.05, 0.1) is 11.3 Å². The first-order valence-electron chi connectivity index (χ1n) is 5.82. The molecule has 0 atom stereocenters. The van der Waals surface area contributed by atoms with E-state index in [-0.39, 0.29) is 11.3 Å². The molecule has 0 aliphatic carbocycles. The van der Waals surface area contributed by atoms with Gasteiger partial charge in [0.15, 0.2) is 0 Å². The van der Waals surface area contributed by atoms with Crippen molar-refractivity contribution in [3.05, 3.63) is 56.1 Å². The summed E-state index contributed by atoms with van der Waals surface area (Å²) in [5, 5.41) is 14.3. The first-order valence-corrected chi connectivity index (χ1v) is 7.69. The molecule has 2 aromatic carbocycles. The molecule has 0 bridgehead atoms. The molecule has 0 fully saturated rings. The van der Waals surface area contributed by atoms with Gasteiger partial charge in [0.1, 0.15) is 0 Å². The van der Waals surface area contributed by atoms with E-state index in [2.05, 4.69) is 49.2 Å². The molecule has 3 N–H and O–H groups in total. The second-order valence-corrected chi connectivity index (χ2v) is 6.24. The third kappa shape index (κ3) is 4.43. The molecule has 7 heteroatoms. The summed E-state index contributed by atoms with van der Waals surface area (Å²) in [4.78, 5) is 23.1. The number of carboxylic acid groups (broad SMARTS) is 1. The van der Waals surface area contributed by atoms with E-state index in [1.165, 1.54) is 12.1 Å². The fourth-order valence-corrected chi connectivity index (χ4v) is 2.34. The second kappa shape index (κ2) is 6.90. The minimum Gasteiger partial charge on any atom is -0.478 e. The Morgan fingerprint density at radius 1 is 1.05 bits per heavy atom. The van der Waals surface area contributed by atoms with Crippen molar-refractivity contribution in [2.45, 2.75) is 0 Å². The minimum atomic E-state index is -1.11. The van der Waals surface area contributed by atoms with Crippen LogP contribution in [-0.2, 0) is 0 Å². The summed E-state index contributed by atoms with van der Waals surface area (Å²) in [6.07, 6.45) is 0. The smallest absolute Gasteiger partial charge is 0.337 e. The minimum absolute atomic E-state index is 0.0159. The number of hydrogen-bond acceptors (Lipinski definition) is 2. The molecule has 2 amide bonds. The molecular weight excluding hydrogens is 451 g/mol. The molecule has 108 valence electrons. The van der Waals surface area contributed by atoms with Gasteiger partial charge in [-0.1, -0.05) is 15.9 Å². The summed E-state index contributed by atoms with van der Waals surface area (Å²) in [6, 6.07) is 11.4. The van der Waals surface area contributed by atoms with E-state index in [9.17, 15) is 9.59 Å². The highest BCUT2D eigenvalue weighted by Gasteiger charge is 2.13. The highest BCUT2D eigenvalue weighted by Crippen LogP contribution is 2.21. The lowest BCUT2D eigenvalue weighted by Gasteiger charge is -2.10. The first kappa shape index (κ1) is 15.8. The molecule has 0 spiro atoms. The van der Waals surface area contributed by atoms with Crippen LogP contribution in [-0.4, -0.2) is 17.1 Å². The molecule has 21 heavy (non-hydrogen) atoms. The molecule has 0 saturated carbocycles. The summed E-state index contributed by atoms with van der Waals surface area (Å²) in [7, 11) is 0. The standard InChI is InChI=1S/C14H10BrIN2O3/c15-8-1-6-12(11(7-8)13(19)20)18-14(21)17-10-4-2-9(16)3-5-10/h1-7H,(H,19,20)(H2,17,18,21). The molecule has 0 radical (unpaired) electrons. The van der Waals surface area contributed by atoms with Gasteiger partial charge >= 0.3 is 12.0 Å². The van der Waals surface area contributed by atoms with Crippen LogP contribution in [0.5, 0.6) is 0 Å². The van der Waals surface area contributed by atoms with Gasteiger partial charge in [0, 0.05) is 13.7 Å². The Balaban J connectivity index is 2.12. The van der Waals surface area contributed by atoms with Crippen molar-refractivity contribution in [3.8, 4) is 0 Å². The van der Waals surface area contributed by atoms with E-state index in [0.29, 0.717) is 10.2 Å². The quantitative estimate of drug-likeness (QED) is 0.594. The summed E-state index contributed by atoms with van der Waals surface area (Å²) in [5.41, 5.74) is 0.873.